The average Bonchev–Trinajstić information content (AvgIpc) is 2.73. The van der Waals surface area contributed by atoms with Gasteiger partial charge < -0.3 is 10.2 Å². The second-order valence-corrected chi connectivity index (χ2v) is 8.28. The quantitative estimate of drug-likeness (QED) is 0.444. The first-order valence-electron chi connectivity index (χ1n) is 11.6. The standard InChI is InChI=1S/C27H40O2/c1-7-13-27(14-8-2,23-15-19(9-3)25(28)20(10-4)16-23)24-17-21(11-5)26(29)22(12-6)18-24/h15-18,28-29H,7-14H2,1-6H3. The van der Waals surface area contributed by atoms with Gasteiger partial charge in [0.05, 0.1) is 0 Å². The Kier molecular flexibility index (Phi) is 8.19. The van der Waals surface area contributed by atoms with Crippen molar-refractivity contribution < 1.29 is 10.2 Å². The highest BCUT2D eigenvalue weighted by atomic mass is 16.3. The Hall–Kier alpha value is -1.96. The highest BCUT2D eigenvalue weighted by molar-refractivity contribution is 5.53. The van der Waals surface area contributed by atoms with Gasteiger partial charge in [-0.2, -0.15) is 0 Å². The van der Waals surface area contributed by atoms with Crippen molar-refractivity contribution in [1.82, 2.24) is 0 Å². The fourth-order valence-electron chi connectivity index (χ4n) is 4.87. The Labute approximate surface area is 178 Å². The van der Waals surface area contributed by atoms with Crippen molar-refractivity contribution in [1.29, 1.82) is 0 Å². The molecule has 0 bridgehead atoms. The van der Waals surface area contributed by atoms with Crippen LogP contribution in [0.15, 0.2) is 24.3 Å². The molecule has 2 nitrogen and oxygen atoms in total. The molecule has 2 N–H and O–H groups in total. The molecule has 0 unspecified atom stereocenters. The molecule has 0 fully saturated rings. The Morgan fingerprint density at radius 3 is 1.03 bits per heavy atom. The van der Waals surface area contributed by atoms with E-state index in [4.69, 9.17) is 0 Å². The smallest absolute Gasteiger partial charge is 0.121 e. The summed E-state index contributed by atoms with van der Waals surface area (Å²) in [7, 11) is 0. The van der Waals surface area contributed by atoms with Crippen molar-refractivity contribution in [3.05, 3.63) is 57.6 Å². The van der Waals surface area contributed by atoms with E-state index < -0.39 is 0 Å². The van der Waals surface area contributed by atoms with E-state index in [1.54, 1.807) is 0 Å². The maximum atomic E-state index is 10.7. The van der Waals surface area contributed by atoms with Gasteiger partial charge in [-0.05, 0) is 71.9 Å². The summed E-state index contributed by atoms with van der Waals surface area (Å²) in [4.78, 5) is 0. The van der Waals surface area contributed by atoms with Crippen LogP contribution >= 0.6 is 0 Å². The van der Waals surface area contributed by atoms with E-state index in [1.165, 1.54) is 11.1 Å². The third kappa shape index (κ3) is 4.47. The lowest BCUT2D eigenvalue weighted by Crippen LogP contribution is -2.28. The monoisotopic (exact) mass is 396 g/mol. The Morgan fingerprint density at radius 2 is 0.828 bits per heavy atom. The van der Waals surface area contributed by atoms with Gasteiger partial charge in [0.15, 0.2) is 0 Å². The molecule has 0 aromatic heterocycles. The SMILES string of the molecule is CCCC(CCC)(c1cc(CC)c(O)c(CC)c1)c1cc(CC)c(O)c(CC)c1. The fourth-order valence-corrected chi connectivity index (χ4v) is 4.87. The van der Waals surface area contributed by atoms with E-state index in [0.29, 0.717) is 11.5 Å². The zero-order valence-corrected chi connectivity index (χ0v) is 19.4. The molecule has 2 heteroatoms. The largest absolute Gasteiger partial charge is 0.507 e. The van der Waals surface area contributed by atoms with E-state index in [2.05, 4.69) is 65.8 Å². The molecule has 160 valence electrons. The summed E-state index contributed by atoms with van der Waals surface area (Å²) < 4.78 is 0. The van der Waals surface area contributed by atoms with E-state index in [1.807, 2.05) is 0 Å². The molecule has 0 saturated heterocycles. The third-order valence-electron chi connectivity index (χ3n) is 6.52. The van der Waals surface area contributed by atoms with Crippen LogP contribution in [0.1, 0.15) is 101 Å². The molecule has 0 radical (unpaired) electrons. The lowest BCUT2D eigenvalue weighted by atomic mass is 9.67. The van der Waals surface area contributed by atoms with E-state index >= 15 is 0 Å². The predicted octanol–water partition coefficient (Wildman–Crippen LogP) is 7.23. The van der Waals surface area contributed by atoms with Crippen molar-refractivity contribution in [2.24, 2.45) is 0 Å². The summed E-state index contributed by atoms with van der Waals surface area (Å²) in [6.45, 7) is 13.0. The van der Waals surface area contributed by atoms with Gasteiger partial charge in [-0.25, -0.2) is 0 Å². The van der Waals surface area contributed by atoms with Gasteiger partial charge in [0, 0.05) is 5.41 Å². The van der Waals surface area contributed by atoms with Crippen LogP contribution in [0.3, 0.4) is 0 Å². The first-order chi connectivity index (χ1) is 13.9. The van der Waals surface area contributed by atoms with Crippen molar-refractivity contribution in [3.8, 4) is 11.5 Å². The molecule has 2 aromatic carbocycles. The molecule has 0 aliphatic heterocycles. The molecule has 0 spiro atoms. The fraction of sp³-hybridized carbons (Fsp3) is 0.556. The molecule has 0 aliphatic carbocycles. The molecule has 0 amide bonds. The summed E-state index contributed by atoms with van der Waals surface area (Å²) in [5, 5.41) is 21.4. The number of aryl methyl sites for hydroxylation is 4. The maximum absolute atomic E-state index is 10.7. The number of aromatic hydroxyl groups is 2. The Balaban J connectivity index is 2.86. The molecule has 0 saturated carbocycles. The third-order valence-corrected chi connectivity index (χ3v) is 6.52. The minimum absolute atomic E-state index is 0.0907. The molecule has 29 heavy (non-hydrogen) atoms. The molecular weight excluding hydrogens is 356 g/mol. The van der Waals surface area contributed by atoms with Crippen molar-refractivity contribution in [2.75, 3.05) is 0 Å². The molecule has 2 rings (SSSR count). The predicted molar refractivity (Wildman–Crippen MR) is 124 cm³/mol. The van der Waals surface area contributed by atoms with Gasteiger partial charge in [-0.15, -0.1) is 0 Å². The second kappa shape index (κ2) is 10.2. The van der Waals surface area contributed by atoms with E-state index in [0.717, 1.165) is 73.6 Å². The highest BCUT2D eigenvalue weighted by Crippen LogP contribution is 2.45. The lowest BCUT2D eigenvalue weighted by Gasteiger charge is -2.37. The van der Waals surface area contributed by atoms with Crippen LogP contribution in [0.25, 0.3) is 0 Å². The number of rotatable bonds is 10. The van der Waals surface area contributed by atoms with Gasteiger partial charge >= 0.3 is 0 Å². The first-order valence-corrected chi connectivity index (χ1v) is 11.6. The van der Waals surface area contributed by atoms with Crippen molar-refractivity contribution in [3.63, 3.8) is 0 Å². The number of hydrogen-bond donors (Lipinski definition) is 2. The van der Waals surface area contributed by atoms with E-state index in [9.17, 15) is 10.2 Å². The van der Waals surface area contributed by atoms with Gasteiger partial charge in [-0.1, -0.05) is 78.6 Å². The second-order valence-electron chi connectivity index (χ2n) is 8.28. The molecule has 0 aliphatic rings. The van der Waals surface area contributed by atoms with Crippen LogP contribution in [0, 0.1) is 0 Å². The molecule has 2 aromatic rings. The Morgan fingerprint density at radius 1 is 0.552 bits per heavy atom. The summed E-state index contributed by atoms with van der Waals surface area (Å²) in [5.74, 6) is 0.935. The van der Waals surface area contributed by atoms with Crippen LogP contribution in [0.4, 0.5) is 0 Å². The van der Waals surface area contributed by atoms with Gasteiger partial charge in [0.25, 0.3) is 0 Å². The van der Waals surface area contributed by atoms with Gasteiger partial charge in [0.1, 0.15) is 11.5 Å². The molecule has 0 heterocycles. The van der Waals surface area contributed by atoms with Crippen LogP contribution in [-0.4, -0.2) is 10.2 Å². The summed E-state index contributed by atoms with van der Waals surface area (Å²) >= 11 is 0. The number of phenolic OH excluding ortho intramolecular Hbond substituents is 2. The number of benzene rings is 2. The number of hydrogen-bond acceptors (Lipinski definition) is 2. The summed E-state index contributed by atoms with van der Waals surface area (Å²) in [6.07, 6.45) is 7.63. The summed E-state index contributed by atoms with van der Waals surface area (Å²) in [6, 6.07) is 8.96. The van der Waals surface area contributed by atoms with E-state index in [-0.39, 0.29) is 5.41 Å². The van der Waals surface area contributed by atoms with Crippen LogP contribution in [0.2, 0.25) is 0 Å². The van der Waals surface area contributed by atoms with Crippen LogP contribution in [-0.2, 0) is 31.1 Å². The molecule has 0 atom stereocenters. The van der Waals surface area contributed by atoms with Crippen LogP contribution < -0.4 is 0 Å². The zero-order chi connectivity index (χ0) is 21.6. The minimum Gasteiger partial charge on any atom is -0.507 e. The number of phenols is 2. The lowest BCUT2D eigenvalue weighted by molar-refractivity contribution is 0.418. The normalized spacial score (nSPS) is 11.8. The van der Waals surface area contributed by atoms with Crippen molar-refractivity contribution >= 4 is 0 Å². The van der Waals surface area contributed by atoms with Gasteiger partial charge in [-0.3, -0.25) is 0 Å². The average molecular weight is 397 g/mol. The van der Waals surface area contributed by atoms with Gasteiger partial charge in [0.2, 0.25) is 0 Å². The molecular formula is C27H40O2. The topological polar surface area (TPSA) is 40.5 Å². The highest BCUT2D eigenvalue weighted by Gasteiger charge is 2.34. The van der Waals surface area contributed by atoms with Crippen molar-refractivity contribution in [2.45, 2.75) is 98.3 Å². The Bertz CT molecular complexity index is 700. The first kappa shape index (κ1) is 23.3. The maximum Gasteiger partial charge on any atom is 0.121 e. The zero-order valence-electron chi connectivity index (χ0n) is 19.4. The minimum atomic E-state index is -0.0907. The van der Waals surface area contributed by atoms with Crippen LogP contribution in [0.5, 0.6) is 11.5 Å². The summed E-state index contributed by atoms with van der Waals surface area (Å²) in [5.41, 5.74) is 6.72.